The second-order valence-electron chi connectivity index (χ2n) is 3.23. The molecular formula is C11H12N2O2. The molecule has 0 aliphatic heterocycles. The first-order chi connectivity index (χ1) is 7.24. The van der Waals surface area contributed by atoms with Gasteiger partial charge in [-0.25, -0.2) is 4.98 Å². The minimum absolute atomic E-state index is 0.221. The van der Waals surface area contributed by atoms with E-state index in [1.54, 1.807) is 25.3 Å². The molecule has 1 heterocycles. The number of nitrogens with two attached hydrogens (primary N) is 1. The molecule has 0 aliphatic rings. The minimum Gasteiger partial charge on any atom is -0.508 e. The molecule has 0 bridgehead atoms. The van der Waals surface area contributed by atoms with Gasteiger partial charge in [-0.3, -0.25) is 0 Å². The van der Waals surface area contributed by atoms with E-state index in [1.165, 1.54) is 0 Å². The van der Waals surface area contributed by atoms with Crippen LogP contribution in [0, 0.1) is 0 Å². The highest BCUT2D eigenvalue weighted by Crippen LogP contribution is 2.27. The average Bonchev–Trinajstić information content (AvgIpc) is 2.26. The summed E-state index contributed by atoms with van der Waals surface area (Å²) in [5.41, 5.74) is 6.26. The number of hydrogen-bond acceptors (Lipinski definition) is 4. The lowest BCUT2D eigenvalue weighted by Crippen LogP contribution is -2.01. The van der Waals surface area contributed by atoms with Crippen molar-refractivity contribution < 1.29 is 9.84 Å². The summed E-state index contributed by atoms with van der Waals surface area (Å²) in [5.74, 6) is 0.756. The molecule has 0 unspecified atom stereocenters. The normalized spacial score (nSPS) is 10.5. The van der Waals surface area contributed by atoms with Crippen LogP contribution in [0.2, 0.25) is 0 Å². The molecule has 78 valence electrons. The summed E-state index contributed by atoms with van der Waals surface area (Å²) >= 11 is 0. The van der Waals surface area contributed by atoms with Gasteiger partial charge in [0.15, 0.2) is 0 Å². The lowest BCUT2D eigenvalue weighted by Gasteiger charge is -2.07. The first kappa shape index (κ1) is 9.73. The fourth-order valence-corrected chi connectivity index (χ4v) is 1.53. The van der Waals surface area contributed by atoms with Gasteiger partial charge < -0.3 is 15.6 Å². The van der Waals surface area contributed by atoms with E-state index < -0.39 is 0 Å². The van der Waals surface area contributed by atoms with Crippen LogP contribution in [0.3, 0.4) is 0 Å². The summed E-state index contributed by atoms with van der Waals surface area (Å²) < 4.78 is 5.16. The van der Waals surface area contributed by atoms with Gasteiger partial charge in [-0.15, -0.1) is 0 Å². The van der Waals surface area contributed by atoms with E-state index in [2.05, 4.69) is 4.98 Å². The summed E-state index contributed by atoms with van der Waals surface area (Å²) in [6, 6.07) is 6.89. The number of benzene rings is 1. The minimum atomic E-state index is 0.221. The number of methoxy groups -OCH3 is 1. The molecular weight excluding hydrogens is 192 g/mol. The first-order valence-electron chi connectivity index (χ1n) is 4.61. The number of pyridine rings is 1. The van der Waals surface area contributed by atoms with Crippen molar-refractivity contribution in [3.05, 3.63) is 30.0 Å². The Morgan fingerprint density at radius 3 is 2.87 bits per heavy atom. The van der Waals surface area contributed by atoms with Crippen molar-refractivity contribution >= 4 is 10.8 Å². The number of rotatable bonds is 2. The lowest BCUT2D eigenvalue weighted by molar-refractivity contribution is 0.402. The predicted octanol–water partition coefficient (Wildman–Crippen LogP) is 1.41. The van der Waals surface area contributed by atoms with Crippen molar-refractivity contribution in [3.8, 4) is 11.6 Å². The fraction of sp³-hybridized carbons (Fsp3) is 0.182. The quantitative estimate of drug-likeness (QED) is 0.776. The average molecular weight is 204 g/mol. The number of ether oxygens (including phenoxy) is 1. The maximum Gasteiger partial charge on any atom is 0.221 e. The van der Waals surface area contributed by atoms with Crippen LogP contribution in [0.15, 0.2) is 24.3 Å². The molecule has 0 spiro atoms. The second-order valence-corrected chi connectivity index (χ2v) is 3.23. The van der Waals surface area contributed by atoms with E-state index >= 15 is 0 Å². The van der Waals surface area contributed by atoms with Crippen molar-refractivity contribution in [2.24, 2.45) is 5.73 Å². The van der Waals surface area contributed by atoms with Gasteiger partial charge in [0.05, 0.1) is 12.8 Å². The summed E-state index contributed by atoms with van der Waals surface area (Å²) in [6.07, 6.45) is 0. The van der Waals surface area contributed by atoms with E-state index in [-0.39, 0.29) is 5.75 Å². The van der Waals surface area contributed by atoms with Crippen LogP contribution in [-0.2, 0) is 6.54 Å². The van der Waals surface area contributed by atoms with E-state index in [0.717, 1.165) is 16.5 Å². The third kappa shape index (κ3) is 1.71. The second kappa shape index (κ2) is 3.74. The van der Waals surface area contributed by atoms with Crippen molar-refractivity contribution in [2.75, 3.05) is 7.11 Å². The molecule has 4 heteroatoms. The monoisotopic (exact) mass is 204 g/mol. The Morgan fingerprint density at radius 1 is 1.40 bits per heavy atom. The Labute approximate surface area is 87.3 Å². The molecule has 0 radical (unpaired) electrons. The summed E-state index contributed by atoms with van der Waals surface area (Å²) in [6.45, 7) is 0.349. The molecule has 0 saturated heterocycles. The number of aromatic nitrogens is 1. The van der Waals surface area contributed by atoms with Gasteiger partial charge in [0.1, 0.15) is 5.75 Å². The van der Waals surface area contributed by atoms with E-state index in [1.807, 2.05) is 6.07 Å². The number of aromatic hydroxyl groups is 1. The van der Waals surface area contributed by atoms with Gasteiger partial charge in [-0.2, -0.15) is 0 Å². The van der Waals surface area contributed by atoms with Gasteiger partial charge >= 0.3 is 0 Å². The standard InChI is InChI=1S/C11H12N2O2/c1-15-11-10-3-2-9(14)5-7(10)4-8(6-12)13-11/h2-5,14H,6,12H2,1H3. The van der Waals surface area contributed by atoms with Crippen LogP contribution in [0.5, 0.6) is 11.6 Å². The van der Waals surface area contributed by atoms with Crippen LogP contribution in [0.25, 0.3) is 10.8 Å². The molecule has 0 fully saturated rings. The number of phenolic OH excluding ortho intramolecular Hbond substituents is 1. The van der Waals surface area contributed by atoms with Crippen LogP contribution >= 0.6 is 0 Å². The molecule has 0 amide bonds. The first-order valence-corrected chi connectivity index (χ1v) is 4.61. The number of hydrogen-bond donors (Lipinski definition) is 2. The molecule has 2 aromatic rings. The highest BCUT2D eigenvalue weighted by atomic mass is 16.5. The van der Waals surface area contributed by atoms with Gasteiger partial charge in [-0.05, 0) is 29.7 Å². The molecule has 0 saturated carbocycles. The maximum atomic E-state index is 9.36. The van der Waals surface area contributed by atoms with Crippen LogP contribution in [-0.4, -0.2) is 17.2 Å². The smallest absolute Gasteiger partial charge is 0.221 e. The summed E-state index contributed by atoms with van der Waals surface area (Å²) in [5, 5.41) is 11.1. The van der Waals surface area contributed by atoms with Gasteiger partial charge in [-0.1, -0.05) is 0 Å². The predicted molar refractivity (Wildman–Crippen MR) is 57.9 cm³/mol. The van der Waals surface area contributed by atoms with Gasteiger partial charge in [0, 0.05) is 11.9 Å². The molecule has 15 heavy (non-hydrogen) atoms. The molecule has 0 aliphatic carbocycles. The number of phenols is 1. The highest BCUT2D eigenvalue weighted by Gasteiger charge is 2.05. The van der Waals surface area contributed by atoms with E-state index in [0.29, 0.717) is 12.4 Å². The van der Waals surface area contributed by atoms with Gasteiger partial charge in [0.25, 0.3) is 0 Å². The third-order valence-corrected chi connectivity index (χ3v) is 2.24. The van der Waals surface area contributed by atoms with Crippen molar-refractivity contribution in [2.45, 2.75) is 6.54 Å². The number of fused-ring (bicyclic) bond motifs is 1. The Bertz CT molecular complexity index is 497. The largest absolute Gasteiger partial charge is 0.508 e. The zero-order valence-electron chi connectivity index (χ0n) is 8.40. The Morgan fingerprint density at radius 2 is 2.20 bits per heavy atom. The van der Waals surface area contributed by atoms with Crippen molar-refractivity contribution in [3.63, 3.8) is 0 Å². The van der Waals surface area contributed by atoms with E-state index in [4.69, 9.17) is 10.5 Å². The van der Waals surface area contributed by atoms with Crippen LogP contribution < -0.4 is 10.5 Å². The molecule has 2 rings (SSSR count). The molecule has 1 aromatic carbocycles. The number of nitrogens with zero attached hydrogens (tertiary/aromatic N) is 1. The SMILES string of the molecule is COc1nc(CN)cc2cc(O)ccc12. The summed E-state index contributed by atoms with van der Waals surface area (Å²) in [7, 11) is 1.56. The zero-order chi connectivity index (χ0) is 10.8. The zero-order valence-corrected chi connectivity index (χ0v) is 8.40. The molecule has 0 atom stereocenters. The Kier molecular flexibility index (Phi) is 2.43. The highest BCUT2D eigenvalue weighted by molar-refractivity contribution is 5.88. The van der Waals surface area contributed by atoms with Crippen molar-refractivity contribution in [1.29, 1.82) is 0 Å². The fourth-order valence-electron chi connectivity index (χ4n) is 1.53. The van der Waals surface area contributed by atoms with Crippen molar-refractivity contribution in [1.82, 2.24) is 4.98 Å². The topological polar surface area (TPSA) is 68.4 Å². The van der Waals surface area contributed by atoms with Crippen LogP contribution in [0.1, 0.15) is 5.69 Å². The Hall–Kier alpha value is -1.81. The lowest BCUT2D eigenvalue weighted by atomic mass is 10.1. The maximum absolute atomic E-state index is 9.36. The molecule has 4 nitrogen and oxygen atoms in total. The third-order valence-electron chi connectivity index (χ3n) is 2.24. The van der Waals surface area contributed by atoms with E-state index in [9.17, 15) is 5.11 Å². The van der Waals surface area contributed by atoms with Crippen LogP contribution in [0.4, 0.5) is 0 Å². The van der Waals surface area contributed by atoms with Gasteiger partial charge in [0.2, 0.25) is 5.88 Å². The molecule has 3 N–H and O–H groups in total. The summed E-state index contributed by atoms with van der Waals surface area (Å²) in [4.78, 5) is 4.24. The molecule has 1 aromatic heterocycles. The Balaban J connectivity index is 2.74.